The molecule has 2 rings (SSSR count). The van der Waals surface area contributed by atoms with E-state index in [0.29, 0.717) is 36.5 Å². The molecule has 0 spiro atoms. The van der Waals surface area contributed by atoms with Gasteiger partial charge in [-0.3, -0.25) is 0 Å². The molecule has 2 aromatic rings. The molecule has 2 aromatic heterocycles. The van der Waals surface area contributed by atoms with Crippen molar-refractivity contribution in [2.45, 2.75) is 20.4 Å². The molecule has 0 aliphatic rings. The first-order chi connectivity index (χ1) is 9.65. The molecule has 0 radical (unpaired) electrons. The minimum atomic E-state index is 0.424. The van der Waals surface area contributed by atoms with E-state index in [1.165, 1.54) is 0 Å². The largest absolute Gasteiger partial charge is 0.476 e. The van der Waals surface area contributed by atoms with Crippen molar-refractivity contribution in [2.24, 2.45) is 5.92 Å². The van der Waals surface area contributed by atoms with Gasteiger partial charge < -0.3 is 15.8 Å². The van der Waals surface area contributed by atoms with E-state index in [9.17, 15) is 0 Å². The Balaban J connectivity index is 2.00. The Morgan fingerprint density at radius 1 is 1.30 bits per heavy atom. The third kappa shape index (κ3) is 4.08. The Kier molecular flexibility index (Phi) is 4.70. The number of nitrogens with two attached hydrogens (primary N) is 1. The van der Waals surface area contributed by atoms with Gasteiger partial charge >= 0.3 is 0 Å². The molecule has 6 nitrogen and oxygen atoms in total. The number of ether oxygens (including phenoxy) is 1. The number of nitrogens with zero attached hydrogens (tertiary/aromatic N) is 3. The van der Waals surface area contributed by atoms with E-state index in [-0.39, 0.29) is 0 Å². The Labute approximate surface area is 118 Å². The van der Waals surface area contributed by atoms with E-state index < -0.39 is 0 Å². The molecular formula is C14H19N5O. The first kappa shape index (κ1) is 14.0. The number of hydrogen-bond acceptors (Lipinski definition) is 6. The fourth-order valence-electron chi connectivity index (χ4n) is 1.52. The molecule has 6 heteroatoms. The summed E-state index contributed by atoms with van der Waals surface area (Å²) in [5.41, 5.74) is 7.23. The van der Waals surface area contributed by atoms with Crippen molar-refractivity contribution < 1.29 is 4.74 Å². The summed E-state index contributed by atoms with van der Waals surface area (Å²) in [5.74, 6) is 1.58. The number of anilines is 2. The molecular weight excluding hydrogens is 254 g/mol. The molecule has 3 N–H and O–H groups in total. The van der Waals surface area contributed by atoms with Gasteiger partial charge in [-0.05, 0) is 30.2 Å². The highest BCUT2D eigenvalue weighted by molar-refractivity contribution is 5.53. The van der Waals surface area contributed by atoms with Gasteiger partial charge in [0.25, 0.3) is 0 Å². The number of rotatable bonds is 6. The molecule has 0 fully saturated rings. The molecule has 0 saturated heterocycles. The first-order valence-electron chi connectivity index (χ1n) is 6.55. The summed E-state index contributed by atoms with van der Waals surface area (Å²) in [7, 11) is 0. The van der Waals surface area contributed by atoms with Crippen molar-refractivity contribution in [3.63, 3.8) is 0 Å². The smallest absolute Gasteiger partial charge is 0.239 e. The molecule has 0 aliphatic carbocycles. The van der Waals surface area contributed by atoms with E-state index in [1.807, 2.05) is 18.2 Å². The van der Waals surface area contributed by atoms with E-state index in [1.54, 1.807) is 12.3 Å². The van der Waals surface area contributed by atoms with Crippen molar-refractivity contribution in [3.8, 4) is 5.88 Å². The normalized spacial score (nSPS) is 10.6. The van der Waals surface area contributed by atoms with Gasteiger partial charge in [0.15, 0.2) is 0 Å². The number of hydrogen-bond donors (Lipinski definition) is 2. The Morgan fingerprint density at radius 2 is 2.15 bits per heavy atom. The zero-order valence-corrected chi connectivity index (χ0v) is 11.7. The van der Waals surface area contributed by atoms with E-state index in [4.69, 9.17) is 10.5 Å². The average molecular weight is 273 g/mol. The summed E-state index contributed by atoms with van der Waals surface area (Å²) in [5, 5.41) is 11.0. The third-order valence-electron chi connectivity index (χ3n) is 2.52. The predicted molar refractivity (Wildman–Crippen MR) is 78.3 cm³/mol. The maximum atomic E-state index is 5.85. The molecule has 2 heterocycles. The van der Waals surface area contributed by atoms with E-state index >= 15 is 0 Å². The van der Waals surface area contributed by atoms with Crippen LogP contribution in [0, 0.1) is 5.92 Å². The molecule has 0 aromatic carbocycles. The van der Waals surface area contributed by atoms with Crippen LogP contribution in [-0.2, 0) is 6.54 Å². The second-order valence-electron chi connectivity index (χ2n) is 4.86. The SMILES string of the molecule is CC(C)COc1nc(NCc2cccnn2)ccc1N. The summed E-state index contributed by atoms with van der Waals surface area (Å²) in [6.07, 6.45) is 1.64. The lowest BCUT2D eigenvalue weighted by Crippen LogP contribution is -2.09. The summed E-state index contributed by atoms with van der Waals surface area (Å²) in [6, 6.07) is 7.33. The Morgan fingerprint density at radius 3 is 2.85 bits per heavy atom. The van der Waals surface area contributed by atoms with Crippen molar-refractivity contribution in [1.82, 2.24) is 15.2 Å². The molecule has 0 bridgehead atoms. The zero-order chi connectivity index (χ0) is 14.4. The topological polar surface area (TPSA) is 86.0 Å². The first-order valence-corrected chi connectivity index (χ1v) is 6.55. The van der Waals surface area contributed by atoms with Gasteiger partial charge in [-0.1, -0.05) is 13.8 Å². The molecule has 0 unspecified atom stereocenters. The van der Waals surface area contributed by atoms with Crippen molar-refractivity contribution >= 4 is 11.5 Å². The van der Waals surface area contributed by atoms with Gasteiger partial charge in [0.05, 0.1) is 24.5 Å². The van der Waals surface area contributed by atoms with Gasteiger partial charge in [-0.15, -0.1) is 0 Å². The minimum absolute atomic E-state index is 0.424. The number of nitrogens with one attached hydrogen (secondary N) is 1. The van der Waals surface area contributed by atoms with Crippen LogP contribution in [-0.4, -0.2) is 21.8 Å². The van der Waals surface area contributed by atoms with Crippen LogP contribution in [0.2, 0.25) is 0 Å². The quantitative estimate of drug-likeness (QED) is 0.838. The fraction of sp³-hybridized carbons (Fsp3) is 0.357. The van der Waals surface area contributed by atoms with Crippen molar-refractivity contribution in [2.75, 3.05) is 17.7 Å². The molecule has 106 valence electrons. The lowest BCUT2D eigenvalue weighted by molar-refractivity contribution is 0.263. The van der Waals surface area contributed by atoms with Gasteiger partial charge in [-0.25, -0.2) is 0 Å². The predicted octanol–water partition coefficient (Wildman–Crippen LogP) is 2.10. The standard InChI is InChI=1S/C14H19N5O/c1-10(2)9-20-14-12(15)5-6-13(18-14)16-8-11-4-3-7-17-19-11/h3-7,10H,8-9,15H2,1-2H3,(H,16,18). The van der Waals surface area contributed by atoms with Crippen molar-refractivity contribution in [3.05, 3.63) is 36.2 Å². The number of nitrogen functional groups attached to an aromatic ring is 1. The summed E-state index contributed by atoms with van der Waals surface area (Å²) in [6.45, 7) is 5.29. The van der Waals surface area contributed by atoms with Crippen LogP contribution in [0.3, 0.4) is 0 Å². The summed E-state index contributed by atoms with van der Waals surface area (Å²) < 4.78 is 5.59. The highest BCUT2D eigenvalue weighted by atomic mass is 16.5. The molecule has 0 amide bonds. The molecule has 20 heavy (non-hydrogen) atoms. The Hall–Kier alpha value is -2.37. The van der Waals surface area contributed by atoms with Crippen LogP contribution in [0.25, 0.3) is 0 Å². The fourth-order valence-corrected chi connectivity index (χ4v) is 1.52. The monoisotopic (exact) mass is 273 g/mol. The molecule has 0 aliphatic heterocycles. The zero-order valence-electron chi connectivity index (χ0n) is 11.7. The lowest BCUT2D eigenvalue weighted by atomic mass is 10.2. The maximum Gasteiger partial charge on any atom is 0.239 e. The number of aromatic nitrogens is 3. The summed E-state index contributed by atoms with van der Waals surface area (Å²) >= 11 is 0. The highest BCUT2D eigenvalue weighted by Crippen LogP contribution is 2.21. The van der Waals surface area contributed by atoms with E-state index in [2.05, 4.69) is 34.3 Å². The van der Waals surface area contributed by atoms with Crippen LogP contribution < -0.4 is 15.8 Å². The molecule has 0 atom stereocenters. The van der Waals surface area contributed by atoms with Gasteiger partial charge in [0.2, 0.25) is 5.88 Å². The highest BCUT2D eigenvalue weighted by Gasteiger charge is 2.06. The van der Waals surface area contributed by atoms with Crippen molar-refractivity contribution in [1.29, 1.82) is 0 Å². The van der Waals surface area contributed by atoms with Crippen LogP contribution >= 0.6 is 0 Å². The molecule has 0 saturated carbocycles. The van der Waals surface area contributed by atoms with Crippen LogP contribution in [0.1, 0.15) is 19.5 Å². The van der Waals surface area contributed by atoms with Gasteiger partial charge in [0.1, 0.15) is 5.82 Å². The van der Waals surface area contributed by atoms with Crippen LogP contribution in [0.15, 0.2) is 30.5 Å². The second-order valence-corrected chi connectivity index (χ2v) is 4.86. The number of pyridine rings is 1. The summed E-state index contributed by atoms with van der Waals surface area (Å²) in [4.78, 5) is 4.35. The van der Waals surface area contributed by atoms with Gasteiger partial charge in [-0.2, -0.15) is 15.2 Å². The Bertz CT molecular complexity index is 545. The van der Waals surface area contributed by atoms with E-state index in [0.717, 1.165) is 5.69 Å². The minimum Gasteiger partial charge on any atom is -0.476 e. The van der Waals surface area contributed by atoms with Crippen LogP contribution in [0.5, 0.6) is 5.88 Å². The lowest BCUT2D eigenvalue weighted by Gasteiger charge is -2.12. The van der Waals surface area contributed by atoms with Crippen LogP contribution in [0.4, 0.5) is 11.5 Å². The average Bonchev–Trinajstić information content (AvgIpc) is 2.46. The third-order valence-corrected chi connectivity index (χ3v) is 2.52. The second kappa shape index (κ2) is 6.70. The van der Waals surface area contributed by atoms with Gasteiger partial charge in [0, 0.05) is 6.20 Å². The maximum absolute atomic E-state index is 5.85.